The molecule has 7 heteroatoms. The number of aryl methyl sites for hydroxylation is 3. The van der Waals surface area contributed by atoms with Crippen molar-refractivity contribution in [3.63, 3.8) is 0 Å². The van der Waals surface area contributed by atoms with E-state index in [0.717, 1.165) is 0 Å². The minimum atomic E-state index is -4.94. The van der Waals surface area contributed by atoms with E-state index >= 15 is 0 Å². The van der Waals surface area contributed by atoms with Crippen molar-refractivity contribution in [2.24, 2.45) is 7.05 Å². The van der Waals surface area contributed by atoms with Gasteiger partial charge in [0.2, 0.25) is 0 Å². The molecule has 0 aliphatic carbocycles. The Morgan fingerprint density at radius 2 is 1.62 bits per heavy atom. The predicted molar refractivity (Wildman–Crippen MR) is 35.0 cm³/mol. The van der Waals surface area contributed by atoms with Crippen molar-refractivity contribution in [3.8, 4) is 0 Å². The molecule has 5 nitrogen and oxygen atoms in total. The molecule has 0 spiro atoms. The number of hydrogen-bond donors (Lipinski definition) is 0. The van der Waals surface area contributed by atoms with Crippen LogP contribution in [0.4, 0.5) is 0 Å². The third-order valence-electron chi connectivity index (χ3n) is 1.19. The summed E-state index contributed by atoms with van der Waals surface area (Å²) in [5.74, 6) is 0. The first-order valence-electron chi connectivity index (χ1n) is 3.25. The van der Waals surface area contributed by atoms with Gasteiger partial charge in [-0.2, -0.15) is 0 Å². The van der Waals surface area contributed by atoms with Crippen LogP contribution in [0.3, 0.4) is 0 Å². The van der Waals surface area contributed by atoms with Crippen molar-refractivity contribution in [2.45, 2.75) is 13.8 Å². The number of halogens is 1. The normalized spacial score (nSPS) is 10.7. The molecule has 0 aliphatic heterocycles. The van der Waals surface area contributed by atoms with Crippen LogP contribution < -0.4 is 22.6 Å². The molecule has 1 rings (SSSR count). The van der Waals surface area contributed by atoms with Gasteiger partial charge < -0.3 is 0 Å². The maximum absolute atomic E-state index is 8.49. The zero-order valence-corrected chi connectivity index (χ0v) is 9.02. The second-order valence-electron chi connectivity index (χ2n) is 2.36. The summed E-state index contributed by atoms with van der Waals surface area (Å²) in [4.78, 5) is 1.38. The van der Waals surface area contributed by atoms with Crippen LogP contribution in [0.25, 0.3) is 0 Å². The highest BCUT2D eigenvalue weighted by atomic mass is 35.7. The summed E-state index contributed by atoms with van der Waals surface area (Å²) >= 11 is 1.79. The molecule has 0 fully saturated rings. The SMILES string of the molecule is Cc1cc(C)[n+](C)s1.[O-][Cl+3]([O-])([O-])[O-]. The van der Waals surface area contributed by atoms with Crippen molar-refractivity contribution in [2.75, 3.05) is 0 Å². The van der Waals surface area contributed by atoms with Crippen LogP contribution >= 0.6 is 11.5 Å². The Morgan fingerprint density at radius 3 is 1.69 bits per heavy atom. The second-order valence-corrected chi connectivity index (χ2v) is 4.49. The molecular formula is C6H10ClNO4S. The molecule has 1 heterocycles. The third kappa shape index (κ3) is 8.10. The number of nitrogens with zero attached hydrogens (tertiary/aromatic N) is 1. The Balaban J connectivity index is 0.000000252. The van der Waals surface area contributed by atoms with Gasteiger partial charge in [-0.1, -0.05) is 0 Å². The van der Waals surface area contributed by atoms with Gasteiger partial charge in [0.1, 0.15) is 11.5 Å². The fraction of sp³-hybridized carbons (Fsp3) is 0.500. The molecule has 0 radical (unpaired) electrons. The summed E-state index contributed by atoms with van der Waals surface area (Å²) in [5.41, 5.74) is 1.34. The van der Waals surface area contributed by atoms with Crippen molar-refractivity contribution >= 4 is 11.5 Å². The average molecular weight is 228 g/mol. The molecule has 0 N–H and O–H groups in total. The maximum Gasteiger partial charge on any atom is 0.193 e. The van der Waals surface area contributed by atoms with Crippen LogP contribution in [0.1, 0.15) is 10.6 Å². The van der Waals surface area contributed by atoms with Gasteiger partial charge in [0.15, 0.2) is 12.7 Å². The lowest BCUT2D eigenvalue weighted by atomic mass is 10.4. The number of aromatic nitrogens is 1. The van der Waals surface area contributed by atoms with Crippen molar-refractivity contribution in [1.29, 1.82) is 0 Å². The average Bonchev–Trinajstić information content (AvgIpc) is 2.05. The highest BCUT2D eigenvalue weighted by Crippen LogP contribution is 2.02. The molecular weight excluding hydrogens is 218 g/mol. The van der Waals surface area contributed by atoms with E-state index in [4.69, 9.17) is 18.6 Å². The Labute approximate surface area is 82.4 Å². The van der Waals surface area contributed by atoms with Crippen molar-refractivity contribution in [3.05, 3.63) is 16.6 Å². The summed E-state index contributed by atoms with van der Waals surface area (Å²) in [5, 5.41) is 0. The molecule has 1 aromatic heterocycles. The molecule has 0 saturated carbocycles. The molecule has 13 heavy (non-hydrogen) atoms. The number of hydrogen-bond acceptors (Lipinski definition) is 5. The van der Waals surface area contributed by atoms with Crippen molar-refractivity contribution < 1.29 is 32.8 Å². The quantitative estimate of drug-likeness (QED) is 0.429. The van der Waals surface area contributed by atoms with Crippen molar-refractivity contribution in [1.82, 2.24) is 0 Å². The van der Waals surface area contributed by atoms with E-state index in [1.165, 1.54) is 10.6 Å². The fourth-order valence-electron chi connectivity index (χ4n) is 0.699. The largest absolute Gasteiger partial charge is 0.222 e. The zero-order valence-electron chi connectivity index (χ0n) is 7.44. The lowest BCUT2D eigenvalue weighted by molar-refractivity contribution is -2.00. The summed E-state index contributed by atoms with van der Waals surface area (Å²) in [6.45, 7) is 4.24. The Kier molecular flexibility index (Phi) is 4.76. The van der Waals surface area contributed by atoms with E-state index < -0.39 is 10.2 Å². The van der Waals surface area contributed by atoms with Gasteiger partial charge in [-0.05, 0) is 6.92 Å². The molecule has 0 saturated heterocycles. The summed E-state index contributed by atoms with van der Waals surface area (Å²) < 4.78 is 36.1. The van der Waals surface area contributed by atoms with Gasteiger partial charge in [-0.25, -0.2) is 18.6 Å². The van der Waals surface area contributed by atoms with E-state index in [1.807, 2.05) is 0 Å². The first kappa shape index (κ1) is 12.8. The van der Waals surface area contributed by atoms with Gasteiger partial charge >= 0.3 is 0 Å². The minimum Gasteiger partial charge on any atom is -0.222 e. The van der Waals surface area contributed by atoms with Crippen LogP contribution in [-0.4, -0.2) is 0 Å². The van der Waals surface area contributed by atoms with Gasteiger partial charge in [0.05, 0.1) is 4.88 Å². The molecule has 0 amide bonds. The van der Waals surface area contributed by atoms with Crippen LogP contribution in [0.15, 0.2) is 6.07 Å². The molecule has 1 aromatic rings. The molecule has 0 aliphatic rings. The van der Waals surface area contributed by atoms with Gasteiger partial charge in [0.25, 0.3) is 0 Å². The standard InChI is InChI=1S/C6H10NS.ClHO4/c1-5-4-6(2)8-7(5)3;2-1(3,4)5/h4H,1-3H3;(H,2,3,4,5)/q+1;/p-1. The van der Waals surface area contributed by atoms with E-state index in [-0.39, 0.29) is 0 Å². The van der Waals surface area contributed by atoms with Gasteiger partial charge in [0, 0.05) is 13.0 Å². The first-order valence-corrected chi connectivity index (χ1v) is 5.26. The summed E-state index contributed by atoms with van der Waals surface area (Å²) in [6, 6.07) is 2.19. The zero-order chi connectivity index (χ0) is 10.6. The Morgan fingerprint density at radius 1 is 1.23 bits per heavy atom. The fourth-order valence-corrected chi connectivity index (χ4v) is 1.55. The lowest BCUT2D eigenvalue weighted by Crippen LogP contribution is -2.68. The molecule has 0 bridgehead atoms. The monoisotopic (exact) mass is 227 g/mol. The molecule has 0 unspecified atom stereocenters. The van der Waals surface area contributed by atoms with Gasteiger partial charge in [-0.15, -0.1) is 14.2 Å². The topological polar surface area (TPSA) is 96.1 Å². The smallest absolute Gasteiger partial charge is 0.193 e. The molecule has 76 valence electrons. The second kappa shape index (κ2) is 4.85. The summed E-state index contributed by atoms with van der Waals surface area (Å²) in [6.07, 6.45) is 0. The third-order valence-corrected chi connectivity index (χ3v) is 2.16. The number of rotatable bonds is 0. The first-order chi connectivity index (χ1) is 5.70. The van der Waals surface area contributed by atoms with E-state index in [9.17, 15) is 0 Å². The van der Waals surface area contributed by atoms with Crippen LogP contribution in [0.5, 0.6) is 0 Å². The highest BCUT2D eigenvalue weighted by Gasteiger charge is 2.02. The summed E-state index contributed by atoms with van der Waals surface area (Å²) in [7, 11) is -2.87. The van der Waals surface area contributed by atoms with Gasteiger partial charge in [-0.3, -0.25) is 0 Å². The molecule has 0 atom stereocenters. The highest BCUT2D eigenvalue weighted by molar-refractivity contribution is 7.01. The Hall–Kier alpha value is -0.240. The van der Waals surface area contributed by atoms with E-state index in [1.54, 1.807) is 11.5 Å². The predicted octanol–water partition coefficient (Wildman–Crippen LogP) is -3.57. The van der Waals surface area contributed by atoms with E-state index in [2.05, 4.69) is 30.9 Å². The Bertz CT molecular complexity index is 245. The van der Waals surface area contributed by atoms with E-state index in [0.29, 0.717) is 0 Å². The van der Waals surface area contributed by atoms with Crippen LogP contribution in [-0.2, 0) is 7.05 Å². The lowest BCUT2D eigenvalue weighted by Gasteiger charge is -2.17. The molecule has 0 aromatic carbocycles. The maximum atomic E-state index is 8.49. The van der Waals surface area contributed by atoms with Crippen LogP contribution in [0.2, 0.25) is 0 Å². The van der Waals surface area contributed by atoms with Crippen LogP contribution in [0, 0.1) is 24.1 Å². The minimum absolute atomic E-state index is 1.34.